The molecule has 0 bridgehead atoms. The lowest BCUT2D eigenvalue weighted by Gasteiger charge is -2.32. The SMILES string of the molecule is CN1CCN(Cc2csc(C(=O)Nc3c(OCCCC4COCCN4)cc(Cl)cc3C(=O)Nc3ccc(Cl)cn3)c2Cl)CC1. The fourth-order valence-corrected chi connectivity index (χ4v) is 6.57. The summed E-state index contributed by atoms with van der Waals surface area (Å²) >= 11 is 20.4. The van der Waals surface area contributed by atoms with E-state index in [2.05, 4.69) is 37.8 Å². The molecule has 3 N–H and O–H groups in total. The summed E-state index contributed by atoms with van der Waals surface area (Å²) in [6, 6.07) is 6.51. The molecule has 4 heterocycles. The summed E-state index contributed by atoms with van der Waals surface area (Å²) in [5, 5.41) is 12.1. The number of nitrogens with zero attached hydrogens (tertiary/aromatic N) is 3. The molecule has 1 atom stereocenters. The Morgan fingerprint density at radius 1 is 1.11 bits per heavy atom. The van der Waals surface area contributed by atoms with Crippen molar-refractivity contribution in [1.29, 1.82) is 0 Å². The molecule has 3 aromatic rings. The maximum Gasteiger partial charge on any atom is 0.267 e. The van der Waals surface area contributed by atoms with Gasteiger partial charge in [-0.2, -0.15) is 0 Å². The number of amides is 2. The monoisotopic (exact) mass is 680 g/mol. The Balaban J connectivity index is 1.35. The molecule has 0 radical (unpaired) electrons. The first kappa shape index (κ1) is 32.9. The number of hydrogen-bond donors (Lipinski definition) is 3. The largest absolute Gasteiger partial charge is 0.491 e. The second kappa shape index (κ2) is 15.7. The van der Waals surface area contributed by atoms with Crippen molar-refractivity contribution >= 4 is 69.5 Å². The van der Waals surface area contributed by atoms with Crippen LogP contribution in [0.5, 0.6) is 5.75 Å². The zero-order valence-electron chi connectivity index (χ0n) is 24.3. The van der Waals surface area contributed by atoms with Gasteiger partial charge >= 0.3 is 0 Å². The predicted octanol–water partition coefficient (Wildman–Crippen LogP) is 5.50. The van der Waals surface area contributed by atoms with Gasteiger partial charge in [0.15, 0.2) is 0 Å². The zero-order chi connectivity index (χ0) is 31.1. The van der Waals surface area contributed by atoms with Gasteiger partial charge in [-0.25, -0.2) is 4.98 Å². The van der Waals surface area contributed by atoms with E-state index in [1.54, 1.807) is 18.2 Å². The standard InChI is InChI=1S/C30H35Cl3N6O4S/c1-38-7-9-39(10-8-38)16-19-18-44-28(26(19)33)30(41)37-27-23(29(40)36-25-5-4-20(31)15-35-25)13-21(32)14-24(27)43-11-2-3-22-17-42-12-6-34-22/h4-5,13-15,18,22,34H,2-3,6-12,16-17H2,1H3,(H,37,41)(H,35,36,40). The van der Waals surface area contributed by atoms with Crippen LogP contribution in [-0.4, -0.2) is 92.2 Å². The number of carbonyl (C=O) groups excluding carboxylic acids is 2. The van der Waals surface area contributed by atoms with Crippen molar-refractivity contribution < 1.29 is 19.1 Å². The number of nitrogens with one attached hydrogen (secondary N) is 3. The molecule has 2 aliphatic heterocycles. The zero-order valence-corrected chi connectivity index (χ0v) is 27.4. The van der Waals surface area contributed by atoms with E-state index in [1.807, 2.05) is 5.38 Å². The summed E-state index contributed by atoms with van der Waals surface area (Å²) in [7, 11) is 2.11. The van der Waals surface area contributed by atoms with E-state index in [-0.39, 0.29) is 33.9 Å². The van der Waals surface area contributed by atoms with Crippen LogP contribution in [0.2, 0.25) is 15.1 Å². The molecule has 2 aliphatic rings. The molecule has 0 saturated carbocycles. The van der Waals surface area contributed by atoms with E-state index < -0.39 is 11.8 Å². The van der Waals surface area contributed by atoms with Gasteiger partial charge in [0.25, 0.3) is 11.8 Å². The Hall–Kier alpha value is -2.48. The van der Waals surface area contributed by atoms with Gasteiger partial charge in [0.2, 0.25) is 0 Å². The molecule has 2 amide bonds. The fraction of sp³-hybridized carbons (Fsp3) is 0.433. The molecule has 1 unspecified atom stereocenters. The van der Waals surface area contributed by atoms with Gasteiger partial charge in [0.1, 0.15) is 16.4 Å². The van der Waals surface area contributed by atoms with E-state index in [9.17, 15) is 9.59 Å². The summed E-state index contributed by atoms with van der Waals surface area (Å²) in [5.41, 5.74) is 1.20. The molecule has 236 valence electrons. The normalized spacial score (nSPS) is 17.8. The Kier molecular flexibility index (Phi) is 11.7. The topological polar surface area (TPSA) is 108 Å². The fourth-order valence-electron chi connectivity index (χ4n) is 5.01. The number of morpholine rings is 1. The molecular weight excluding hydrogens is 647 g/mol. The maximum absolute atomic E-state index is 13.7. The number of ether oxygens (including phenoxy) is 2. The minimum atomic E-state index is -0.529. The first-order valence-corrected chi connectivity index (χ1v) is 16.5. The number of likely N-dealkylation sites (N-methyl/N-ethyl adjacent to an activating group) is 1. The van der Waals surface area contributed by atoms with Crippen LogP contribution in [0.15, 0.2) is 35.8 Å². The second-order valence-corrected chi connectivity index (χ2v) is 12.9. The van der Waals surface area contributed by atoms with Crippen LogP contribution in [0.1, 0.15) is 38.4 Å². The number of aromatic nitrogens is 1. The Morgan fingerprint density at radius 2 is 1.93 bits per heavy atom. The number of piperazine rings is 1. The van der Waals surface area contributed by atoms with Crippen molar-refractivity contribution in [2.75, 3.05) is 70.2 Å². The smallest absolute Gasteiger partial charge is 0.267 e. The Morgan fingerprint density at radius 3 is 2.66 bits per heavy atom. The van der Waals surface area contributed by atoms with Crippen molar-refractivity contribution in [2.45, 2.75) is 25.4 Å². The van der Waals surface area contributed by atoms with Crippen molar-refractivity contribution in [3.05, 3.63) is 66.9 Å². The summed E-state index contributed by atoms with van der Waals surface area (Å²) in [5.74, 6) is -0.410. The molecule has 0 spiro atoms. The molecule has 5 rings (SSSR count). The highest BCUT2D eigenvalue weighted by molar-refractivity contribution is 7.13. The number of hydrogen-bond acceptors (Lipinski definition) is 9. The van der Waals surface area contributed by atoms with E-state index in [0.29, 0.717) is 41.3 Å². The van der Waals surface area contributed by atoms with Gasteiger partial charge in [0.05, 0.1) is 41.1 Å². The average Bonchev–Trinajstić information content (AvgIpc) is 3.38. The first-order chi connectivity index (χ1) is 21.3. The number of pyridine rings is 1. The van der Waals surface area contributed by atoms with Crippen LogP contribution in [0.25, 0.3) is 0 Å². The number of rotatable bonds is 11. The average molecular weight is 682 g/mol. The molecular formula is C30H35Cl3N6O4S. The van der Waals surface area contributed by atoms with Crippen LogP contribution in [0.3, 0.4) is 0 Å². The van der Waals surface area contributed by atoms with Gasteiger partial charge in [-0.1, -0.05) is 34.8 Å². The number of carbonyl (C=O) groups is 2. The summed E-state index contributed by atoms with van der Waals surface area (Å²) in [4.78, 5) is 36.2. The van der Waals surface area contributed by atoms with Gasteiger partial charge < -0.3 is 30.3 Å². The third kappa shape index (κ3) is 8.82. The van der Waals surface area contributed by atoms with Gasteiger partial charge in [-0.05, 0) is 49.0 Å². The van der Waals surface area contributed by atoms with Crippen LogP contribution in [0, 0.1) is 0 Å². The van der Waals surface area contributed by atoms with Crippen LogP contribution < -0.4 is 20.7 Å². The van der Waals surface area contributed by atoms with Crippen molar-refractivity contribution in [2.24, 2.45) is 0 Å². The maximum atomic E-state index is 13.7. The summed E-state index contributed by atoms with van der Waals surface area (Å²) < 4.78 is 11.7. The molecule has 2 aromatic heterocycles. The van der Waals surface area contributed by atoms with E-state index in [1.165, 1.54) is 23.6 Å². The highest BCUT2D eigenvalue weighted by Crippen LogP contribution is 2.36. The quantitative estimate of drug-likeness (QED) is 0.228. The minimum absolute atomic E-state index is 0.116. The van der Waals surface area contributed by atoms with Crippen LogP contribution in [-0.2, 0) is 11.3 Å². The van der Waals surface area contributed by atoms with Gasteiger partial charge in [-0.3, -0.25) is 14.5 Å². The van der Waals surface area contributed by atoms with E-state index in [4.69, 9.17) is 44.3 Å². The second-order valence-electron chi connectivity index (χ2n) is 10.8. The van der Waals surface area contributed by atoms with Crippen molar-refractivity contribution in [3.63, 3.8) is 0 Å². The lowest BCUT2D eigenvalue weighted by Crippen LogP contribution is -2.43. The molecule has 10 nitrogen and oxygen atoms in total. The molecule has 2 saturated heterocycles. The lowest BCUT2D eigenvalue weighted by atomic mass is 10.1. The lowest BCUT2D eigenvalue weighted by molar-refractivity contribution is 0.0722. The summed E-state index contributed by atoms with van der Waals surface area (Å²) in [6.45, 7) is 7.01. The number of benzene rings is 1. The van der Waals surface area contributed by atoms with E-state index in [0.717, 1.165) is 51.1 Å². The number of halogens is 3. The minimum Gasteiger partial charge on any atom is -0.491 e. The first-order valence-electron chi connectivity index (χ1n) is 14.5. The van der Waals surface area contributed by atoms with E-state index >= 15 is 0 Å². The van der Waals surface area contributed by atoms with Crippen LogP contribution in [0.4, 0.5) is 11.5 Å². The molecule has 1 aromatic carbocycles. The Bertz CT molecular complexity index is 1440. The summed E-state index contributed by atoms with van der Waals surface area (Å²) in [6.07, 6.45) is 3.00. The highest BCUT2D eigenvalue weighted by atomic mass is 35.5. The number of thiophene rings is 1. The van der Waals surface area contributed by atoms with Crippen molar-refractivity contribution in [3.8, 4) is 5.75 Å². The third-order valence-corrected chi connectivity index (χ3v) is 9.48. The Labute approximate surface area is 275 Å². The highest BCUT2D eigenvalue weighted by Gasteiger charge is 2.25. The van der Waals surface area contributed by atoms with Gasteiger partial charge in [0, 0.05) is 62.6 Å². The third-order valence-electron chi connectivity index (χ3n) is 7.47. The predicted molar refractivity (Wildman–Crippen MR) is 176 cm³/mol. The molecule has 2 fully saturated rings. The van der Waals surface area contributed by atoms with Gasteiger partial charge in [-0.15, -0.1) is 11.3 Å². The molecule has 14 heteroatoms. The molecule has 0 aliphatic carbocycles. The van der Waals surface area contributed by atoms with Crippen molar-refractivity contribution in [1.82, 2.24) is 20.1 Å². The molecule has 44 heavy (non-hydrogen) atoms. The number of anilines is 2. The van der Waals surface area contributed by atoms with Crippen LogP contribution >= 0.6 is 46.1 Å².